The fraction of sp³-hybridized carbons (Fsp3) is 0.250. The van der Waals surface area contributed by atoms with Crippen molar-refractivity contribution in [3.8, 4) is 9.88 Å². The van der Waals surface area contributed by atoms with Gasteiger partial charge in [0.05, 0.1) is 17.0 Å². The van der Waals surface area contributed by atoms with Crippen molar-refractivity contribution in [2.75, 3.05) is 26.2 Å². The Labute approximate surface area is 176 Å². The van der Waals surface area contributed by atoms with E-state index in [4.69, 9.17) is 11.6 Å². The minimum atomic E-state index is -0.0242. The molecular weight excluding hydrogens is 414 g/mol. The maximum absolute atomic E-state index is 12.6. The summed E-state index contributed by atoms with van der Waals surface area (Å²) >= 11 is 9.09. The van der Waals surface area contributed by atoms with Crippen molar-refractivity contribution in [2.24, 2.45) is 0 Å². The van der Waals surface area contributed by atoms with Gasteiger partial charge in [-0.25, -0.2) is 4.98 Å². The lowest BCUT2D eigenvalue weighted by molar-refractivity contribution is -0.132. The summed E-state index contributed by atoms with van der Waals surface area (Å²) in [4.78, 5) is 34.5. The second-order valence-electron chi connectivity index (χ2n) is 6.48. The molecule has 1 fully saturated rings. The first-order valence-corrected chi connectivity index (χ1v) is 11.0. The Morgan fingerprint density at radius 3 is 2.39 bits per heavy atom. The lowest BCUT2D eigenvalue weighted by Crippen LogP contribution is -2.51. The summed E-state index contributed by atoms with van der Waals surface area (Å²) in [7, 11) is 0. The van der Waals surface area contributed by atoms with E-state index in [1.807, 2.05) is 27.8 Å². The molecule has 0 saturated carbocycles. The highest BCUT2D eigenvalue weighted by Gasteiger charge is 2.25. The maximum atomic E-state index is 12.6. The monoisotopic (exact) mass is 431 g/mol. The van der Waals surface area contributed by atoms with E-state index in [1.165, 1.54) is 0 Å². The first kappa shape index (κ1) is 19.1. The average molecular weight is 432 g/mol. The number of thiazole rings is 1. The van der Waals surface area contributed by atoms with Gasteiger partial charge in [-0.2, -0.15) is 0 Å². The van der Waals surface area contributed by atoms with Crippen molar-refractivity contribution in [3.05, 3.63) is 63.4 Å². The minimum Gasteiger partial charge on any atom is -0.339 e. The average Bonchev–Trinajstić information content (AvgIpc) is 3.40. The highest BCUT2D eigenvalue weighted by Crippen LogP contribution is 2.28. The van der Waals surface area contributed by atoms with Crippen LogP contribution in [0.5, 0.6) is 0 Å². The number of halogens is 1. The zero-order valence-corrected chi connectivity index (χ0v) is 17.4. The molecule has 0 spiro atoms. The van der Waals surface area contributed by atoms with Crippen LogP contribution in [0.1, 0.15) is 16.1 Å². The fourth-order valence-corrected chi connectivity index (χ4v) is 4.86. The Balaban J connectivity index is 1.31. The van der Waals surface area contributed by atoms with Gasteiger partial charge in [-0.1, -0.05) is 17.7 Å². The second-order valence-corrected chi connectivity index (χ2v) is 8.72. The molecule has 144 valence electrons. The highest BCUT2D eigenvalue weighted by atomic mass is 35.5. The Kier molecular flexibility index (Phi) is 5.75. The summed E-state index contributed by atoms with van der Waals surface area (Å²) in [6, 6.07) is 10.9. The van der Waals surface area contributed by atoms with Gasteiger partial charge in [-0.15, -0.1) is 22.7 Å². The maximum Gasteiger partial charge on any atom is 0.253 e. The van der Waals surface area contributed by atoms with Crippen molar-refractivity contribution in [1.29, 1.82) is 0 Å². The summed E-state index contributed by atoms with van der Waals surface area (Å²) in [5.74, 6) is 0.0329. The Bertz CT molecular complexity index is 962. The molecule has 3 aromatic rings. The van der Waals surface area contributed by atoms with Crippen LogP contribution in [0.15, 0.2) is 47.2 Å². The number of aromatic nitrogens is 1. The molecule has 0 atom stereocenters. The largest absolute Gasteiger partial charge is 0.339 e. The van der Waals surface area contributed by atoms with E-state index in [1.54, 1.807) is 51.8 Å². The molecule has 4 rings (SSSR count). The number of carbonyl (C=O) groups excluding carboxylic acids is 2. The lowest BCUT2D eigenvalue weighted by atomic mass is 10.1. The Morgan fingerprint density at radius 1 is 1.00 bits per heavy atom. The van der Waals surface area contributed by atoms with Crippen LogP contribution in [-0.2, 0) is 11.2 Å². The van der Waals surface area contributed by atoms with Gasteiger partial charge in [-0.05, 0) is 35.7 Å². The smallest absolute Gasteiger partial charge is 0.253 e. The van der Waals surface area contributed by atoms with E-state index >= 15 is 0 Å². The van der Waals surface area contributed by atoms with Crippen LogP contribution in [0.4, 0.5) is 0 Å². The van der Waals surface area contributed by atoms with Crippen LogP contribution in [-0.4, -0.2) is 52.8 Å². The standard InChI is InChI=1S/C20H18ClN3O2S2/c21-15-5-3-14(4-6-15)20(26)24-9-7-23(8-10-24)18(25)12-16-13-28-19(22-16)17-2-1-11-27-17/h1-6,11,13H,7-10,12H2. The lowest BCUT2D eigenvalue weighted by Gasteiger charge is -2.34. The van der Waals surface area contributed by atoms with Crippen LogP contribution in [0.3, 0.4) is 0 Å². The van der Waals surface area contributed by atoms with Gasteiger partial charge in [0.1, 0.15) is 5.01 Å². The van der Waals surface area contributed by atoms with Crippen molar-refractivity contribution in [3.63, 3.8) is 0 Å². The molecule has 2 amide bonds. The minimum absolute atomic E-state index is 0.0242. The molecule has 0 radical (unpaired) electrons. The molecule has 2 aromatic heterocycles. The number of piperazine rings is 1. The van der Waals surface area contributed by atoms with Crippen LogP contribution in [0, 0.1) is 0 Å². The normalized spacial score (nSPS) is 14.3. The summed E-state index contributed by atoms with van der Waals surface area (Å²) in [6.07, 6.45) is 0.299. The SMILES string of the molecule is O=C(Cc1csc(-c2cccs2)n1)N1CCN(C(=O)c2ccc(Cl)cc2)CC1. The molecule has 28 heavy (non-hydrogen) atoms. The van der Waals surface area contributed by atoms with E-state index in [-0.39, 0.29) is 11.8 Å². The van der Waals surface area contributed by atoms with E-state index in [2.05, 4.69) is 4.98 Å². The van der Waals surface area contributed by atoms with Gasteiger partial charge in [0, 0.05) is 42.1 Å². The number of benzene rings is 1. The van der Waals surface area contributed by atoms with Crippen molar-refractivity contribution in [1.82, 2.24) is 14.8 Å². The molecule has 8 heteroatoms. The van der Waals surface area contributed by atoms with Crippen LogP contribution in [0.2, 0.25) is 5.02 Å². The molecule has 0 bridgehead atoms. The number of rotatable bonds is 4. The molecule has 1 aliphatic heterocycles. The predicted octanol–water partition coefficient (Wildman–Crippen LogP) is 4.05. The number of nitrogens with zero attached hydrogens (tertiary/aromatic N) is 3. The third-order valence-corrected chi connectivity index (χ3v) is 6.81. The van der Waals surface area contributed by atoms with Crippen molar-refractivity contribution < 1.29 is 9.59 Å². The number of amides is 2. The van der Waals surface area contributed by atoms with Gasteiger partial charge in [-0.3, -0.25) is 9.59 Å². The van der Waals surface area contributed by atoms with E-state index < -0.39 is 0 Å². The Hall–Kier alpha value is -2.22. The van der Waals surface area contributed by atoms with E-state index in [0.29, 0.717) is 43.2 Å². The van der Waals surface area contributed by atoms with E-state index in [9.17, 15) is 9.59 Å². The van der Waals surface area contributed by atoms with Crippen molar-refractivity contribution >= 4 is 46.1 Å². The first-order chi connectivity index (χ1) is 13.6. The molecule has 1 saturated heterocycles. The van der Waals surface area contributed by atoms with Crippen LogP contribution >= 0.6 is 34.3 Å². The summed E-state index contributed by atoms with van der Waals surface area (Å²) in [5.41, 5.74) is 1.42. The molecule has 0 N–H and O–H groups in total. The zero-order chi connectivity index (χ0) is 19.5. The number of carbonyl (C=O) groups is 2. The van der Waals surface area contributed by atoms with Gasteiger partial charge in [0.25, 0.3) is 5.91 Å². The topological polar surface area (TPSA) is 53.5 Å². The molecular formula is C20H18ClN3O2S2. The summed E-state index contributed by atoms with van der Waals surface area (Å²) < 4.78 is 0. The van der Waals surface area contributed by atoms with Gasteiger partial charge in [0.2, 0.25) is 5.91 Å². The third-order valence-electron chi connectivity index (χ3n) is 4.63. The highest BCUT2D eigenvalue weighted by molar-refractivity contribution is 7.20. The van der Waals surface area contributed by atoms with Crippen LogP contribution < -0.4 is 0 Å². The molecule has 1 aromatic carbocycles. The third kappa shape index (κ3) is 4.27. The Morgan fingerprint density at radius 2 is 1.71 bits per heavy atom. The molecule has 5 nitrogen and oxygen atoms in total. The number of thiophene rings is 1. The van der Waals surface area contributed by atoms with E-state index in [0.717, 1.165) is 15.6 Å². The van der Waals surface area contributed by atoms with Gasteiger partial charge in [0.15, 0.2) is 0 Å². The zero-order valence-electron chi connectivity index (χ0n) is 15.0. The summed E-state index contributed by atoms with van der Waals surface area (Å²) in [5, 5.41) is 5.53. The molecule has 1 aliphatic rings. The predicted molar refractivity (Wildman–Crippen MR) is 113 cm³/mol. The number of hydrogen-bond acceptors (Lipinski definition) is 5. The molecule has 0 unspecified atom stereocenters. The van der Waals surface area contributed by atoms with Crippen molar-refractivity contribution in [2.45, 2.75) is 6.42 Å². The summed E-state index contributed by atoms with van der Waals surface area (Å²) in [6.45, 7) is 2.15. The first-order valence-electron chi connectivity index (χ1n) is 8.91. The number of hydrogen-bond donors (Lipinski definition) is 0. The fourth-order valence-electron chi connectivity index (χ4n) is 3.10. The van der Waals surface area contributed by atoms with Gasteiger partial charge >= 0.3 is 0 Å². The molecule has 3 heterocycles. The quantitative estimate of drug-likeness (QED) is 0.626. The van der Waals surface area contributed by atoms with Crippen LogP contribution in [0.25, 0.3) is 9.88 Å². The molecule has 0 aliphatic carbocycles. The van der Waals surface area contributed by atoms with Gasteiger partial charge < -0.3 is 9.80 Å². The second kappa shape index (κ2) is 8.43.